The highest BCUT2D eigenvalue weighted by atomic mass is 16.7. The van der Waals surface area contributed by atoms with Crippen LogP contribution in [0.2, 0.25) is 0 Å². The molecule has 8 nitrogen and oxygen atoms in total. The lowest BCUT2D eigenvalue weighted by Crippen LogP contribution is -2.40. The number of amides is 2. The first-order valence-corrected chi connectivity index (χ1v) is 6.18. The van der Waals surface area contributed by atoms with Gasteiger partial charge in [-0.05, 0) is 12.1 Å². The highest BCUT2D eigenvalue weighted by Gasteiger charge is 2.18. The third-order valence-corrected chi connectivity index (χ3v) is 2.79. The van der Waals surface area contributed by atoms with Crippen LogP contribution in [0.25, 0.3) is 0 Å². The van der Waals surface area contributed by atoms with E-state index in [2.05, 4.69) is 10.6 Å². The van der Waals surface area contributed by atoms with Gasteiger partial charge in [-0.3, -0.25) is 9.59 Å². The Morgan fingerprint density at radius 2 is 1.90 bits per heavy atom. The van der Waals surface area contributed by atoms with Crippen LogP contribution in [0.5, 0.6) is 11.5 Å². The Hall–Kier alpha value is -2.32. The zero-order chi connectivity index (χ0) is 15.2. The quantitative estimate of drug-likeness (QED) is 0.590. The largest absolute Gasteiger partial charge is 0.454 e. The molecule has 0 saturated heterocycles. The predicted octanol–water partition coefficient (Wildman–Crippen LogP) is 0.0889. The Bertz CT molecular complexity index is 529. The van der Waals surface area contributed by atoms with Crippen molar-refractivity contribution in [1.82, 2.24) is 5.32 Å². The lowest BCUT2D eigenvalue weighted by molar-refractivity contribution is -0.139. The van der Waals surface area contributed by atoms with E-state index in [0.717, 1.165) is 0 Å². The molecule has 0 unspecified atom stereocenters. The molecule has 0 aliphatic carbocycles. The monoisotopic (exact) mass is 296 g/mol. The number of ether oxygens (including phenoxy) is 4. The van der Waals surface area contributed by atoms with E-state index in [9.17, 15) is 9.59 Å². The molecular weight excluding hydrogens is 280 g/mol. The summed E-state index contributed by atoms with van der Waals surface area (Å²) in [6.07, 6.45) is -0.604. The van der Waals surface area contributed by atoms with Gasteiger partial charge in [-0.2, -0.15) is 0 Å². The maximum atomic E-state index is 11.7. The van der Waals surface area contributed by atoms with Crippen LogP contribution in [0.3, 0.4) is 0 Å². The fraction of sp³-hybridized carbons (Fsp3) is 0.385. The maximum Gasteiger partial charge on any atom is 0.313 e. The Labute approximate surface area is 121 Å². The van der Waals surface area contributed by atoms with E-state index in [4.69, 9.17) is 18.9 Å². The van der Waals surface area contributed by atoms with E-state index in [-0.39, 0.29) is 13.3 Å². The topological polar surface area (TPSA) is 95.1 Å². The minimum Gasteiger partial charge on any atom is -0.454 e. The van der Waals surface area contributed by atoms with Crippen LogP contribution in [0.4, 0.5) is 5.69 Å². The molecule has 1 heterocycles. The molecule has 8 heteroatoms. The summed E-state index contributed by atoms with van der Waals surface area (Å²) < 4.78 is 20.1. The number of hydrogen-bond donors (Lipinski definition) is 2. The summed E-state index contributed by atoms with van der Waals surface area (Å²) in [5.74, 6) is -0.459. The molecule has 0 saturated carbocycles. The number of methoxy groups -OCH3 is 2. The molecule has 1 aromatic carbocycles. The maximum absolute atomic E-state index is 11.7. The van der Waals surface area contributed by atoms with Crippen LogP contribution >= 0.6 is 0 Å². The summed E-state index contributed by atoms with van der Waals surface area (Å²) in [4.78, 5) is 23.4. The number of nitrogens with one attached hydrogen (secondary N) is 2. The van der Waals surface area contributed by atoms with E-state index in [0.29, 0.717) is 17.2 Å². The Morgan fingerprint density at radius 3 is 2.62 bits per heavy atom. The van der Waals surface area contributed by atoms with E-state index >= 15 is 0 Å². The van der Waals surface area contributed by atoms with Gasteiger partial charge in [0, 0.05) is 26.0 Å². The van der Waals surface area contributed by atoms with Gasteiger partial charge in [-0.1, -0.05) is 0 Å². The van der Waals surface area contributed by atoms with E-state index < -0.39 is 18.1 Å². The van der Waals surface area contributed by atoms with Crippen LogP contribution in [-0.2, 0) is 19.1 Å². The fourth-order valence-corrected chi connectivity index (χ4v) is 1.68. The van der Waals surface area contributed by atoms with Crippen molar-refractivity contribution >= 4 is 17.5 Å². The molecule has 2 N–H and O–H groups in total. The predicted molar refractivity (Wildman–Crippen MR) is 72.0 cm³/mol. The highest BCUT2D eigenvalue weighted by Crippen LogP contribution is 2.34. The molecular formula is C13H16N2O6. The average Bonchev–Trinajstić information content (AvgIpc) is 2.95. The lowest BCUT2D eigenvalue weighted by Gasteiger charge is -2.13. The van der Waals surface area contributed by atoms with Crippen molar-refractivity contribution in [3.63, 3.8) is 0 Å². The minimum atomic E-state index is -0.792. The van der Waals surface area contributed by atoms with Gasteiger partial charge < -0.3 is 29.6 Å². The molecule has 1 aliphatic rings. The summed E-state index contributed by atoms with van der Waals surface area (Å²) >= 11 is 0. The van der Waals surface area contributed by atoms with Gasteiger partial charge in [0.2, 0.25) is 6.79 Å². The summed E-state index contributed by atoms with van der Waals surface area (Å²) in [6, 6.07) is 4.86. The van der Waals surface area contributed by atoms with Gasteiger partial charge in [0.15, 0.2) is 17.8 Å². The summed E-state index contributed by atoms with van der Waals surface area (Å²) in [5, 5.41) is 4.86. The second-order valence-electron chi connectivity index (χ2n) is 4.13. The number of hydrogen-bond acceptors (Lipinski definition) is 6. The van der Waals surface area contributed by atoms with Crippen molar-refractivity contribution in [3.05, 3.63) is 18.2 Å². The number of carbonyl (C=O) groups excluding carboxylic acids is 2. The van der Waals surface area contributed by atoms with Gasteiger partial charge in [0.1, 0.15) is 0 Å². The first kappa shape index (κ1) is 15.1. The first-order valence-electron chi connectivity index (χ1n) is 6.18. The van der Waals surface area contributed by atoms with Gasteiger partial charge in [0.05, 0.1) is 6.54 Å². The van der Waals surface area contributed by atoms with Crippen LogP contribution in [0.1, 0.15) is 0 Å². The Morgan fingerprint density at radius 1 is 1.19 bits per heavy atom. The molecule has 0 radical (unpaired) electrons. The van der Waals surface area contributed by atoms with E-state index in [1.807, 2.05) is 0 Å². The van der Waals surface area contributed by atoms with Crippen LogP contribution in [0.15, 0.2) is 18.2 Å². The van der Waals surface area contributed by atoms with Crippen molar-refractivity contribution in [2.45, 2.75) is 6.29 Å². The third kappa shape index (κ3) is 3.83. The van der Waals surface area contributed by atoms with Crippen molar-refractivity contribution < 1.29 is 28.5 Å². The second-order valence-corrected chi connectivity index (χ2v) is 4.13. The minimum absolute atomic E-state index is 0.0698. The van der Waals surface area contributed by atoms with Crippen LogP contribution < -0.4 is 20.1 Å². The van der Waals surface area contributed by atoms with Crippen LogP contribution in [0, 0.1) is 0 Å². The van der Waals surface area contributed by atoms with Crippen molar-refractivity contribution in [3.8, 4) is 11.5 Å². The number of anilines is 1. The molecule has 114 valence electrons. The Kier molecular flexibility index (Phi) is 4.96. The smallest absolute Gasteiger partial charge is 0.313 e. The summed E-state index contributed by atoms with van der Waals surface area (Å²) in [5.41, 5.74) is 0.439. The molecule has 2 amide bonds. The molecule has 21 heavy (non-hydrogen) atoms. The number of rotatable bonds is 5. The third-order valence-electron chi connectivity index (χ3n) is 2.79. The van der Waals surface area contributed by atoms with Crippen molar-refractivity contribution in [2.75, 3.05) is 32.9 Å². The van der Waals surface area contributed by atoms with Crippen molar-refractivity contribution in [2.24, 2.45) is 0 Å². The average molecular weight is 296 g/mol. The SMILES string of the molecule is COC(CNC(=O)C(=O)Nc1ccc2c(c1)OCO2)OC. The van der Waals surface area contributed by atoms with Gasteiger partial charge in [-0.25, -0.2) is 0 Å². The first-order chi connectivity index (χ1) is 10.1. The van der Waals surface area contributed by atoms with Crippen molar-refractivity contribution in [1.29, 1.82) is 0 Å². The Balaban J connectivity index is 1.87. The fourth-order valence-electron chi connectivity index (χ4n) is 1.68. The van der Waals surface area contributed by atoms with Gasteiger partial charge in [-0.15, -0.1) is 0 Å². The molecule has 0 aromatic heterocycles. The van der Waals surface area contributed by atoms with E-state index in [1.165, 1.54) is 14.2 Å². The second kappa shape index (κ2) is 6.91. The van der Waals surface area contributed by atoms with E-state index in [1.54, 1.807) is 18.2 Å². The molecule has 1 aromatic rings. The summed E-state index contributed by atoms with van der Waals surface area (Å²) in [6.45, 7) is 0.211. The lowest BCUT2D eigenvalue weighted by atomic mass is 10.2. The van der Waals surface area contributed by atoms with Crippen LogP contribution in [-0.4, -0.2) is 45.7 Å². The zero-order valence-corrected chi connectivity index (χ0v) is 11.7. The standard InChI is InChI=1S/C13H16N2O6/c1-18-11(19-2)6-14-12(16)13(17)15-8-3-4-9-10(5-8)21-7-20-9/h3-5,11H,6-7H2,1-2H3,(H,14,16)(H,15,17). The molecule has 0 spiro atoms. The summed E-state index contributed by atoms with van der Waals surface area (Å²) in [7, 11) is 2.88. The number of carbonyl (C=O) groups is 2. The number of fused-ring (bicyclic) bond motifs is 1. The molecule has 2 rings (SSSR count). The zero-order valence-electron chi connectivity index (χ0n) is 11.7. The molecule has 1 aliphatic heterocycles. The molecule has 0 bridgehead atoms. The van der Waals surface area contributed by atoms with Gasteiger partial charge in [0.25, 0.3) is 0 Å². The molecule has 0 fully saturated rings. The highest BCUT2D eigenvalue weighted by molar-refractivity contribution is 6.39. The number of benzene rings is 1. The molecule has 0 atom stereocenters. The van der Waals surface area contributed by atoms with Gasteiger partial charge >= 0.3 is 11.8 Å². The normalized spacial score (nSPS) is 12.3.